The first-order chi connectivity index (χ1) is 8.15. The summed E-state index contributed by atoms with van der Waals surface area (Å²) in [6, 6.07) is 0.0623. The van der Waals surface area contributed by atoms with E-state index in [0.29, 0.717) is 6.54 Å². The minimum absolute atomic E-state index is 0.125. The molecule has 1 aromatic rings. The van der Waals surface area contributed by atoms with Crippen LogP contribution in [0.3, 0.4) is 0 Å². The van der Waals surface area contributed by atoms with Crippen LogP contribution in [0.15, 0.2) is 6.20 Å². The second-order valence-electron chi connectivity index (χ2n) is 3.76. The van der Waals surface area contributed by atoms with Crippen molar-refractivity contribution in [3.63, 3.8) is 0 Å². The van der Waals surface area contributed by atoms with Crippen LogP contribution in [0.5, 0.6) is 0 Å². The molecule has 2 N–H and O–H groups in total. The van der Waals surface area contributed by atoms with E-state index in [4.69, 9.17) is 0 Å². The average molecular weight is 273 g/mol. The van der Waals surface area contributed by atoms with Gasteiger partial charge in [0.05, 0.1) is 6.54 Å². The van der Waals surface area contributed by atoms with Gasteiger partial charge in [-0.05, 0) is 19.6 Å². The maximum atomic E-state index is 11.5. The fraction of sp³-hybridized carbons (Fsp3) is 0.636. The summed E-state index contributed by atoms with van der Waals surface area (Å²) in [5, 5.41) is 6.65. The minimum Gasteiger partial charge on any atom is -0.335 e. The first-order valence-corrected chi connectivity index (χ1v) is 7.83. The first-order valence-electron chi connectivity index (χ1n) is 5.62. The number of thiazole rings is 1. The van der Waals surface area contributed by atoms with Crippen molar-refractivity contribution in [2.24, 2.45) is 0 Å². The Morgan fingerprint density at radius 3 is 3.00 bits per heavy atom. The van der Waals surface area contributed by atoms with Crippen molar-refractivity contribution >= 4 is 29.1 Å². The third-order valence-electron chi connectivity index (χ3n) is 2.14. The molecule has 4 nitrogen and oxygen atoms in total. The maximum absolute atomic E-state index is 11.5. The molecule has 1 heterocycles. The summed E-state index contributed by atoms with van der Waals surface area (Å²) in [4.78, 5) is 17.0. The first kappa shape index (κ1) is 14.3. The standard InChI is InChI=1S/C11H19N3OS2/c1-4-9-5-12-10(17-9)6-13-11(15)14-8(2)7-16-3/h5,8H,4,6-7H2,1-3H3,(H2,13,14,15). The van der Waals surface area contributed by atoms with Crippen LogP contribution in [0.2, 0.25) is 0 Å². The number of nitrogens with one attached hydrogen (secondary N) is 2. The summed E-state index contributed by atoms with van der Waals surface area (Å²) < 4.78 is 0. The topological polar surface area (TPSA) is 54.0 Å². The van der Waals surface area contributed by atoms with E-state index in [1.165, 1.54) is 4.88 Å². The lowest BCUT2D eigenvalue weighted by atomic mass is 10.4. The summed E-state index contributed by atoms with van der Waals surface area (Å²) in [6.45, 7) is 4.60. The zero-order valence-electron chi connectivity index (χ0n) is 10.4. The van der Waals surface area contributed by atoms with E-state index in [1.807, 2.05) is 19.4 Å². The van der Waals surface area contributed by atoms with Gasteiger partial charge >= 0.3 is 6.03 Å². The third kappa shape index (κ3) is 5.41. The molecule has 0 radical (unpaired) electrons. The van der Waals surface area contributed by atoms with Crippen LogP contribution < -0.4 is 10.6 Å². The number of amides is 2. The van der Waals surface area contributed by atoms with Gasteiger partial charge in [0.15, 0.2) is 0 Å². The summed E-state index contributed by atoms with van der Waals surface area (Å²) >= 11 is 3.37. The van der Waals surface area contributed by atoms with Crippen LogP contribution in [-0.4, -0.2) is 29.1 Å². The zero-order valence-corrected chi connectivity index (χ0v) is 12.1. The molecule has 0 bridgehead atoms. The molecule has 0 aliphatic rings. The number of nitrogens with zero attached hydrogens (tertiary/aromatic N) is 1. The van der Waals surface area contributed by atoms with Crippen LogP contribution in [0.25, 0.3) is 0 Å². The molecule has 0 fully saturated rings. The Morgan fingerprint density at radius 1 is 1.65 bits per heavy atom. The highest BCUT2D eigenvalue weighted by molar-refractivity contribution is 7.98. The Morgan fingerprint density at radius 2 is 2.41 bits per heavy atom. The van der Waals surface area contributed by atoms with E-state index in [1.54, 1.807) is 23.1 Å². The fourth-order valence-electron chi connectivity index (χ4n) is 1.32. The molecule has 6 heteroatoms. The second kappa shape index (κ2) is 7.55. The quantitative estimate of drug-likeness (QED) is 0.836. The van der Waals surface area contributed by atoms with Crippen LogP contribution in [0.1, 0.15) is 23.7 Å². The molecular formula is C11H19N3OS2. The Labute approximate surface area is 111 Å². The van der Waals surface area contributed by atoms with Gasteiger partial charge in [-0.25, -0.2) is 9.78 Å². The molecule has 1 aromatic heterocycles. The monoisotopic (exact) mass is 273 g/mol. The van der Waals surface area contributed by atoms with Gasteiger partial charge in [0, 0.05) is 22.9 Å². The van der Waals surface area contributed by atoms with Crippen LogP contribution in [0.4, 0.5) is 4.79 Å². The van der Waals surface area contributed by atoms with Crippen molar-refractivity contribution in [2.75, 3.05) is 12.0 Å². The third-order valence-corrected chi connectivity index (χ3v) is 4.12. The molecule has 17 heavy (non-hydrogen) atoms. The highest BCUT2D eigenvalue weighted by Gasteiger charge is 2.07. The highest BCUT2D eigenvalue weighted by atomic mass is 32.2. The molecule has 0 spiro atoms. The average Bonchev–Trinajstić information content (AvgIpc) is 2.74. The van der Waals surface area contributed by atoms with Crippen LogP contribution >= 0.6 is 23.1 Å². The van der Waals surface area contributed by atoms with Gasteiger partial charge in [-0.3, -0.25) is 0 Å². The number of aryl methyl sites for hydroxylation is 1. The molecule has 96 valence electrons. The molecule has 0 aromatic carbocycles. The lowest BCUT2D eigenvalue weighted by Gasteiger charge is -2.12. The van der Waals surface area contributed by atoms with Crippen molar-refractivity contribution < 1.29 is 4.79 Å². The van der Waals surface area contributed by atoms with E-state index in [9.17, 15) is 4.79 Å². The zero-order chi connectivity index (χ0) is 12.7. The Hall–Kier alpha value is -0.750. The number of carbonyl (C=O) groups excluding carboxylic acids is 1. The second-order valence-corrected chi connectivity index (χ2v) is 5.87. The lowest BCUT2D eigenvalue weighted by molar-refractivity contribution is 0.238. The van der Waals surface area contributed by atoms with Gasteiger partial charge in [0.25, 0.3) is 0 Å². The number of aromatic nitrogens is 1. The SMILES string of the molecule is CCc1cnc(CNC(=O)NC(C)CSC)s1. The summed E-state index contributed by atoms with van der Waals surface area (Å²) in [7, 11) is 0. The van der Waals surface area contributed by atoms with Gasteiger partial charge in [0.2, 0.25) is 0 Å². The van der Waals surface area contributed by atoms with Crippen molar-refractivity contribution in [2.45, 2.75) is 32.9 Å². The molecule has 2 amide bonds. The van der Waals surface area contributed by atoms with Crippen LogP contribution in [0, 0.1) is 0 Å². The molecular weight excluding hydrogens is 254 g/mol. The number of urea groups is 1. The smallest absolute Gasteiger partial charge is 0.315 e. The highest BCUT2D eigenvalue weighted by Crippen LogP contribution is 2.12. The van der Waals surface area contributed by atoms with E-state index in [0.717, 1.165) is 17.2 Å². The van der Waals surface area contributed by atoms with Crippen molar-refractivity contribution in [1.82, 2.24) is 15.6 Å². The maximum Gasteiger partial charge on any atom is 0.315 e. The summed E-state index contributed by atoms with van der Waals surface area (Å²) in [5.41, 5.74) is 0. The number of thioether (sulfide) groups is 1. The van der Waals surface area contributed by atoms with E-state index < -0.39 is 0 Å². The molecule has 1 rings (SSSR count). The van der Waals surface area contributed by atoms with Crippen LogP contribution in [-0.2, 0) is 13.0 Å². The van der Waals surface area contributed by atoms with Crippen molar-refractivity contribution in [1.29, 1.82) is 0 Å². The van der Waals surface area contributed by atoms with Gasteiger partial charge in [-0.2, -0.15) is 11.8 Å². The number of hydrogen-bond acceptors (Lipinski definition) is 4. The molecule has 0 saturated heterocycles. The summed E-state index contributed by atoms with van der Waals surface area (Å²) in [6.07, 6.45) is 4.89. The van der Waals surface area contributed by atoms with Gasteiger partial charge < -0.3 is 10.6 Å². The number of rotatable bonds is 6. The van der Waals surface area contributed by atoms with E-state index in [2.05, 4.69) is 22.5 Å². The molecule has 0 aliphatic heterocycles. The normalized spacial score (nSPS) is 12.2. The van der Waals surface area contributed by atoms with Gasteiger partial charge in [-0.15, -0.1) is 11.3 Å². The van der Waals surface area contributed by atoms with Gasteiger partial charge in [0.1, 0.15) is 5.01 Å². The molecule has 0 saturated carbocycles. The molecule has 1 unspecified atom stereocenters. The van der Waals surface area contributed by atoms with Crippen molar-refractivity contribution in [3.05, 3.63) is 16.1 Å². The summed E-state index contributed by atoms with van der Waals surface area (Å²) in [5.74, 6) is 0.921. The van der Waals surface area contributed by atoms with E-state index >= 15 is 0 Å². The molecule has 0 aliphatic carbocycles. The number of carbonyl (C=O) groups is 1. The Balaban J connectivity index is 2.27. The van der Waals surface area contributed by atoms with Gasteiger partial charge in [-0.1, -0.05) is 6.92 Å². The molecule has 1 atom stereocenters. The lowest BCUT2D eigenvalue weighted by Crippen LogP contribution is -2.41. The Kier molecular flexibility index (Phi) is 6.36. The fourth-order valence-corrected chi connectivity index (χ4v) is 2.70. The predicted octanol–water partition coefficient (Wildman–Crippen LogP) is 2.26. The van der Waals surface area contributed by atoms with Crippen molar-refractivity contribution in [3.8, 4) is 0 Å². The minimum atomic E-state index is -0.125. The Bertz CT molecular complexity index is 354. The number of hydrogen-bond donors (Lipinski definition) is 2. The predicted molar refractivity (Wildman–Crippen MR) is 74.7 cm³/mol. The van der Waals surface area contributed by atoms with E-state index in [-0.39, 0.29) is 12.1 Å². The largest absolute Gasteiger partial charge is 0.335 e.